The number of hydrogen-bond donors (Lipinski definition) is 0. The average molecular weight is 412 g/mol. The largest absolute Gasteiger partial charge is 0.477 e. The molecule has 3 aromatic rings. The highest BCUT2D eigenvalue weighted by atomic mass is 32.1. The van der Waals surface area contributed by atoms with Gasteiger partial charge in [-0.2, -0.15) is 16.3 Å². The van der Waals surface area contributed by atoms with Crippen molar-refractivity contribution in [2.24, 2.45) is 0 Å². The van der Waals surface area contributed by atoms with E-state index in [-0.39, 0.29) is 5.91 Å². The quantitative estimate of drug-likeness (QED) is 0.651. The number of carbonyl (C=O) groups is 1. The number of aromatic nitrogens is 2. The monoisotopic (exact) mass is 412 g/mol. The molecule has 1 amide bonds. The Labute approximate surface area is 171 Å². The first-order valence-electron chi connectivity index (χ1n) is 9.50. The summed E-state index contributed by atoms with van der Waals surface area (Å²) < 4.78 is 16.9. The van der Waals surface area contributed by atoms with Crippen LogP contribution in [0.5, 0.6) is 5.75 Å². The number of hydrogen-bond acceptors (Lipinski definition) is 8. The van der Waals surface area contributed by atoms with Crippen LogP contribution < -0.4 is 9.64 Å². The third-order valence-electron chi connectivity index (χ3n) is 5.03. The maximum atomic E-state index is 13.0. The van der Waals surface area contributed by atoms with Crippen LogP contribution in [-0.4, -0.2) is 59.9 Å². The van der Waals surface area contributed by atoms with Crippen LogP contribution in [0.4, 0.5) is 5.69 Å². The van der Waals surface area contributed by atoms with Crippen LogP contribution >= 0.6 is 11.3 Å². The Kier molecular flexibility index (Phi) is 4.91. The summed E-state index contributed by atoms with van der Waals surface area (Å²) >= 11 is 1.59. The average Bonchev–Trinajstić information content (AvgIpc) is 3.46. The first-order valence-corrected chi connectivity index (χ1v) is 10.4. The highest BCUT2D eigenvalue weighted by Gasteiger charge is 2.34. The number of thiophene rings is 1. The number of morpholine rings is 1. The zero-order valence-electron chi connectivity index (χ0n) is 15.7. The number of rotatable bonds is 4. The lowest BCUT2D eigenvalue weighted by molar-refractivity contribution is -0.142. The van der Waals surface area contributed by atoms with E-state index in [1.165, 1.54) is 0 Å². The van der Waals surface area contributed by atoms with E-state index >= 15 is 0 Å². The number of ether oxygens (including phenoxy) is 2. The minimum absolute atomic E-state index is 0.0164. The summed E-state index contributed by atoms with van der Waals surface area (Å²) in [5.41, 5.74) is 1.85. The van der Waals surface area contributed by atoms with Crippen LogP contribution in [0, 0.1) is 0 Å². The molecular formula is C20H20N4O4S. The number of amides is 1. The maximum absolute atomic E-state index is 13.0. The first-order chi connectivity index (χ1) is 14.3. The molecule has 1 aromatic carbocycles. The summed E-state index contributed by atoms with van der Waals surface area (Å²) in [5.74, 6) is 1.74. The van der Waals surface area contributed by atoms with Gasteiger partial charge in [-0.05, 0) is 23.6 Å². The van der Waals surface area contributed by atoms with Gasteiger partial charge in [0, 0.05) is 24.0 Å². The number of para-hydroxylation sites is 2. The van der Waals surface area contributed by atoms with E-state index in [1.807, 2.05) is 46.0 Å². The summed E-state index contributed by atoms with van der Waals surface area (Å²) in [7, 11) is 0. The highest BCUT2D eigenvalue weighted by Crippen LogP contribution is 2.34. The van der Waals surface area contributed by atoms with Crippen molar-refractivity contribution < 1.29 is 18.8 Å². The van der Waals surface area contributed by atoms with Crippen LogP contribution in [0.15, 0.2) is 45.6 Å². The topological polar surface area (TPSA) is 80.9 Å². The highest BCUT2D eigenvalue weighted by molar-refractivity contribution is 7.08. The molecule has 1 saturated heterocycles. The molecule has 150 valence electrons. The van der Waals surface area contributed by atoms with Crippen molar-refractivity contribution in [2.45, 2.75) is 12.6 Å². The molecule has 2 aromatic heterocycles. The van der Waals surface area contributed by atoms with Gasteiger partial charge in [0.25, 0.3) is 5.91 Å². The van der Waals surface area contributed by atoms with Gasteiger partial charge < -0.3 is 23.8 Å². The van der Waals surface area contributed by atoms with Gasteiger partial charge in [-0.1, -0.05) is 17.3 Å². The summed E-state index contributed by atoms with van der Waals surface area (Å²) in [6.45, 7) is 3.13. The SMILES string of the molecule is O=C([C@@H]1CN(Cc2nc(-c3ccsc3)no2)c2ccccc2O1)N1CCOCC1. The van der Waals surface area contributed by atoms with Gasteiger partial charge in [0.05, 0.1) is 32.0 Å². The second-order valence-electron chi connectivity index (χ2n) is 6.92. The van der Waals surface area contributed by atoms with E-state index in [9.17, 15) is 4.79 Å². The van der Waals surface area contributed by atoms with E-state index in [2.05, 4.69) is 15.0 Å². The second kappa shape index (κ2) is 7.84. The molecule has 1 atom stereocenters. The molecule has 2 aliphatic rings. The van der Waals surface area contributed by atoms with Gasteiger partial charge in [0.2, 0.25) is 11.7 Å². The van der Waals surface area contributed by atoms with Gasteiger partial charge in [-0.15, -0.1) is 0 Å². The minimum atomic E-state index is -0.581. The third-order valence-corrected chi connectivity index (χ3v) is 5.72. The van der Waals surface area contributed by atoms with Gasteiger partial charge in [-0.25, -0.2) is 0 Å². The predicted molar refractivity (Wildman–Crippen MR) is 107 cm³/mol. The van der Waals surface area contributed by atoms with Crippen molar-refractivity contribution in [3.8, 4) is 17.1 Å². The van der Waals surface area contributed by atoms with Gasteiger partial charge >= 0.3 is 0 Å². The lowest BCUT2D eigenvalue weighted by Gasteiger charge is -2.37. The summed E-state index contributed by atoms with van der Waals surface area (Å²) in [5, 5.41) is 8.04. The molecule has 0 N–H and O–H groups in total. The van der Waals surface area contributed by atoms with E-state index in [0.717, 1.165) is 11.3 Å². The van der Waals surface area contributed by atoms with Crippen LogP contribution in [0.1, 0.15) is 5.89 Å². The van der Waals surface area contributed by atoms with E-state index < -0.39 is 6.10 Å². The van der Waals surface area contributed by atoms with Crippen molar-refractivity contribution in [3.63, 3.8) is 0 Å². The lowest BCUT2D eigenvalue weighted by Crippen LogP contribution is -2.52. The predicted octanol–water partition coefficient (Wildman–Crippen LogP) is 2.42. The smallest absolute Gasteiger partial charge is 0.265 e. The molecule has 0 bridgehead atoms. The molecule has 0 radical (unpaired) electrons. The normalized spacial score (nSPS) is 19.0. The Hall–Kier alpha value is -2.91. The number of nitrogens with zero attached hydrogens (tertiary/aromatic N) is 4. The minimum Gasteiger partial charge on any atom is -0.477 e. The molecule has 29 heavy (non-hydrogen) atoms. The fourth-order valence-electron chi connectivity index (χ4n) is 3.56. The van der Waals surface area contributed by atoms with Crippen LogP contribution in [0.25, 0.3) is 11.4 Å². The van der Waals surface area contributed by atoms with Crippen LogP contribution in [0.2, 0.25) is 0 Å². The molecule has 0 spiro atoms. The van der Waals surface area contributed by atoms with E-state index in [4.69, 9.17) is 14.0 Å². The van der Waals surface area contributed by atoms with Gasteiger partial charge in [-0.3, -0.25) is 4.79 Å². The lowest BCUT2D eigenvalue weighted by atomic mass is 10.1. The Bertz CT molecular complexity index is 984. The number of anilines is 1. The molecule has 9 heteroatoms. The molecule has 2 aliphatic heterocycles. The molecule has 5 rings (SSSR count). The van der Waals surface area contributed by atoms with Crippen molar-refractivity contribution in [3.05, 3.63) is 47.0 Å². The molecule has 0 aliphatic carbocycles. The van der Waals surface area contributed by atoms with Crippen molar-refractivity contribution in [2.75, 3.05) is 37.7 Å². The molecule has 0 unspecified atom stereocenters. The number of benzene rings is 1. The Morgan fingerprint density at radius 2 is 2.07 bits per heavy atom. The van der Waals surface area contributed by atoms with Gasteiger partial charge in [0.15, 0.2) is 6.10 Å². The Balaban J connectivity index is 1.37. The van der Waals surface area contributed by atoms with Crippen molar-refractivity contribution in [1.29, 1.82) is 0 Å². The standard InChI is InChI=1S/C20H20N4O4S/c25-20(23-6-8-26-9-7-23)17-11-24(15-3-1-2-4-16(15)27-17)12-18-21-19(22-28-18)14-5-10-29-13-14/h1-5,10,13,17H,6-9,11-12H2/t17-/m0/s1. The number of carbonyl (C=O) groups excluding carboxylic acids is 1. The fraction of sp³-hybridized carbons (Fsp3) is 0.350. The van der Waals surface area contributed by atoms with Gasteiger partial charge in [0.1, 0.15) is 5.75 Å². The maximum Gasteiger partial charge on any atom is 0.265 e. The Morgan fingerprint density at radius 1 is 1.21 bits per heavy atom. The zero-order chi connectivity index (χ0) is 19.6. The van der Waals surface area contributed by atoms with E-state index in [1.54, 1.807) is 11.3 Å². The first kappa shape index (κ1) is 18.1. The van der Waals surface area contributed by atoms with Crippen molar-refractivity contribution >= 4 is 22.9 Å². The van der Waals surface area contributed by atoms with Crippen molar-refractivity contribution in [1.82, 2.24) is 15.0 Å². The van der Waals surface area contributed by atoms with Crippen LogP contribution in [0.3, 0.4) is 0 Å². The van der Waals surface area contributed by atoms with Crippen LogP contribution in [-0.2, 0) is 16.1 Å². The molecule has 4 heterocycles. The molecular weight excluding hydrogens is 392 g/mol. The summed E-state index contributed by atoms with van der Waals surface area (Å²) in [4.78, 5) is 21.4. The number of fused-ring (bicyclic) bond motifs is 1. The fourth-order valence-corrected chi connectivity index (χ4v) is 4.20. The summed E-state index contributed by atoms with van der Waals surface area (Å²) in [6, 6.07) is 9.66. The molecule has 0 saturated carbocycles. The van der Waals surface area contributed by atoms with E-state index in [0.29, 0.717) is 56.9 Å². The third kappa shape index (κ3) is 3.70. The zero-order valence-corrected chi connectivity index (χ0v) is 16.5. The molecule has 1 fully saturated rings. The second-order valence-corrected chi connectivity index (χ2v) is 7.70. The summed E-state index contributed by atoms with van der Waals surface area (Å²) in [6.07, 6.45) is -0.581. The molecule has 8 nitrogen and oxygen atoms in total. The Morgan fingerprint density at radius 3 is 2.90 bits per heavy atom.